The van der Waals surface area contributed by atoms with E-state index in [1.54, 1.807) is 48.7 Å². The van der Waals surface area contributed by atoms with Gasteiger partial charge >= 0.3 is 0 Å². The van der Waals surface area contributed by atoms with Crippen molar-refractivity contribution in [3.8, 4) is 5.75 Å². The highest BCUT2D eigenvalue weighted by Gasteiger charge is 2.30. The first-order valence-electron chi connectivity index (χ1n) is 11.0. The Morgan fingerprint density at radius 1 is 1.27 bits per heavy atom. The van der Waals surface area contributed by atoms with Gasteiger partial charge in [-0.15, -0.1) is 11.3 Å². The Balaban J connectivity index is 1.35. The molecule has 174 valence electrons. The van der Waals surface area contributed by atoms with Crippen LogP contribution in [0.25, 0.3) is 10.9 Å². The number of carboxylic acids is 1. The summed E-state index contributed by atoms with van der Waals surface area (Å²) in [6.45, 7) is 2.11. The summed E-state index contributed by atoms with van der Waals surface area (Å²) in [6.07, 6.45) is 5.00. The average molecular weight is 485 g/mol. The van der Waals surface area contributed by atoms with E-state index in [0.29, 0.717) is 30.7 Å². The van der Waals surface area contributed by atoms with Crippen molar-refractivity contribution in [2.45, 2.75) is 23.6 Å². The van der Waals surface area contributed by atoms with Crippen LogP contribution in [0, 0.1) is 11.8 Å². The summed E-state index contributed by atoms with van der Waals surface area (Å²) in [4.78, 5) is 35.7. The number of thioether (sulfide) groups is 1. The molecule has 1 aromatic carbocycles. The molecule has 4 rings (SSSR count). The number of carbonyl (C=O) groups is 2. The van der Waals surface area contributed by atoms with Crippen molar-refractivity contribution < 1.29 is 19.4 Å². The van der Waals surface area contributed by atoms with Gasteiger partial charge in [-0.2, -0.15) is 0 Å². The predicted molar refractivity (Wildman–Crippen MR) is 128 cm³/mol. The number of methoxy groups -OCH3 is 1. The predicted octanol–water partition coefficient (Wildman–Crippen LogP) is 3.14. The van der Waals surface area contributed by atoms with Gasteiger partial charge in [0.2, 0.25) is 0 Å². The standard InChI is InChI=1S/C24H27N3O4S2/c1-31-17-3-4-21-19(14-17)18(6-8-25-21)22(28)5-2-16-7-10-27(15-20(16)23(29)30)11-13-33-24-26-9-12-32-24/h3-4,6,8-9,12,14,16,20H,2,5,7,10-11,13,15H2,1H3,(H,29,30)/p-1/t16-,20+/m1/s1. The number of ether oxygens (including phenoxy) is 1. The van der Waals surface area contributed by atoms with Crippen molar-refractivity contribution in [2.24, 2.45) is 11.8 Å². The molecule has 3 aromatic rings. The Morgan fingerprint density at radius 3 is 2.91 bits per heavy atom. The fourth-order valence-electron chi connectivity index (χ4n) is 4.37. The highest BCUT2D eigenvalue weighted by molar-refractivity contribution is 8.01. The van der Waals surface area contributed by atoms with Gasteiger partial charge in [-0.05, 0) is 49.6 Å². The average Bonchev–Trinajstić information content (AvgIpc) is 3.35. The number of carbonyl (C=O) groups excluding carboxylic acids is 2. The van der Waals surface area contributed by atoms with Gasteiger partial charge in [0.1, 0.15) is 10.1 Å². The highest BCUT2D eigenvalue weighted by Crippen LogP contribution is 2.30. The van der Waals surface area contributed by atoms with Crippen LogP contribution < -0.4 is 9.84 Å². The van der Waals surface area contributed by atoms with Crippen LogP contribution in [0.1, 0.15) is 29.6 Å². The fraction of sp³-hybridized carbons (Fsp3) is 0.417. The Bertz CT molecular complexity index is 1110. The van der Waals surface area contributed by atoms with Crippen LogP contribution in [0.3, 0.4) is 0 Å². The smallest absolute Gasteiger partial charge is 0.163 e. The molecule has 0 spiro atoms. The summed E-state index contributed by atoms with van der Waals surface area (Å²) >= 11 is 3.30. The van der Waals surface area contributed by atoms with Crippen LogP contribution in [0.5, 0.6) is 5.75 Å². The number of Topliss-reactive ketones (excluding diaryl/α,β-unsaturated/α-hetero) is 1. The zero-order valence-corrected chi connectivity index (χ0v) is 20.1. The minimum Gasteiger partial charge on any atom is -0.550 e. The number of fused-ring (bicyclic) bond motifs is 1. The Kier molecular flexibility index (Phi) is 7.95. The molecule has 9 heteroatoms. The molecule has 0 bridgehead atoms. The van der Waals surface area contributed by atoms with Gasteiger partial charge in [-0.25, -0.2) is 4.98 Å². The van der Waals surface area contributed by atoms with E-state index in [2.05, 4.69) is 14.9 Å². The number of pyridine rings is 1. The van der Waals surface area contributed by atoms with Crippen LogP contribution in [0.4, 0.5) is 0 Å². The zero-order valence-electron chi connectivity index (χ0n) is 18.4. The fourth-order valence-corrected chi connectivity index (χ4v) is 6.08. The van der Waals surface area contributed by atoms with E-state index in [1.807, 2.05) is 23.6 Å². The summed E-state index contributed by atoms with van der Waals surface area (Å²) in [5, 5.41) is 14.6. The number of thiazole rings is 1. The van der Waals surface area contributed by atoms with E-state index in [0.717, 1.165) is 40.5 Å². The van der Waals surface area contributed by atoms with Crippen molar-refractivity contribution in [1.82, 2.24) is 14.9 Å². The van der Waals surface area contributed by atoms with Crippen molar-refractivity contribution in [3.63, 3.8) is 0 Å². The van der Waals surface area contributed by atoms with Gasteiger partial charge in [0, 0.05) is 65.9 Å². The Morgan fingerprint density at radius 2 is 2.15 bits per heavy atom. The first kappa shape index (κ1) is 23.7. The van der Waals surface area contributed by atoms with Crippen LogP contribution in [0.15, 0.2) is 46.4 Å². The summed E-state index contributed by atoms with van der Waals surface area (Å²) in [7, 11) is 1.59. The van der Waals surface area contributed by atoms with Crippen LogP contribution in [-0.2, 0) is 4.79 Å². The first-order valence-corrected chi connectivity index (χ1v) is 12.8. The number of ketones is 1. The number of aromatic nitrogens is 2. The lowest BCUT2D eigenvalue weighted by molar-refractivity contribution is -0.314. The lowest BCUT2D eigenvalue weighted by Gasteiger charge is -2.39. The second-order valence-corrected chi connectivity index (χ2v) is 10.4. The van der Waals surface area contributed by atoms with Crippen molar-refractivity contribution in [2.75, 3.05) is 32.5 Å². The maximum atomic E-state index is 13.0. The number of carboxylic acid groups (broad SMARTS) is 1. The Hall–Kier alpha value is -2.49. The maximum Gasteiger partial charge on any atom is 0.163 e. The molecule has 0 N–H and O–H groups in total. The van der Waals surface area contributed by atoms with Crippen molar-refractivity contribution in [3.05, 3.63) is 47.6 Å². The molecule has 2 atom stereocenters. The molecule has 0 aliphatic carbocycles. The summed E-state index contributed by atoms with van der Waals surface area (Å²) in [6, 6.07) is 7.20. The molecule has 1 aliphatic heterocycles. The van der Waals surface area contributed by atoms with Crippen LogP contribution in [-0.4, -0.2) is 59.1 Å². The quantitative estimate of drug-likeness (QED) is 0.320. The SMILES string of the molecule is COc1ccc2nccc(C(=O)CC[C@@H]3CCN(CCSc4nccs4)C[C@@H]3C(=O)[O-])c2c1. The summed E-state index contributed by atoms with van der Waals surface area (Å²) in [5.74, 6) is -0.120. The Labute approximate surface area is 201 Å². The molecular formula is C24H26N3O4S2-. The number of rotatable bonds is 10. The number of aliphatic carboxylic acids is 1. The molecular weight excluding hydrogens is 458 g/mol. The number of nitrogens with zero attached hydrogens (tertiary/aromatic N) is 3. The van der Waals surface area contributed by atoms with E-state index >= 15 is 0 Å². The molecule has 0 saturated carbocycles. The molecule has 0 radical (unpaired) electrons. The van der Waals surface area contributed by atoms with E-state index < -0.39 is 11.9 Å². The highest BCUT2D eigenvalue weighted by atomic mass is 32.2. The van der Waals surface area contributed by atoms with Gasteiger partial charge in [-0.3, -0.25) is 9.78 Å². The largest absolute Gasteiger partial charge is 0.550 e. The van der Waals surface area contributed by atoms with E-state index in [1.165, 1.54) is 0 Å². The summed E-state index contributed by atoms with van der Waals surface area (Å²) < 4.78 is 6.32. The number of likely N-dealkylation sites (tertiary alicyclic amines) is 1. The molecule has 1 aliphatic rings. The number of benzene rings is 1. The number of piperidine rings is 1. The molecule has 7 nitrogen and oxygen atoms in total. The lowest BCUT2D eigenvalue weighted by atomic mass is 9.81. The lowest BCUT2D eigenvalue weighted by Crippen LogP contribution is -2.49. The minimum atomic E-state index is -1.02. The van der Waals surface area contributed by atoms with Gasteiger partial charge < -0.3 is 19.5 Å². The molecule has 1 saturated heterocycles. The van der Waals surface area contributed by atoms with Crippen molar-refractivity contribution >= 4 is 45.8 Å². The van der Waals surface area contributed by atoms with Crippen LogP contribution >= 0.6 is 23.1 Å². The number of hydrogen-bond acceptors (Lipinski definition) is 9. The minimum absolute atomic E-state index is 0.00460. The molecule has 33 heavy (non-hydrogen) atoms. The van der Waals surface area contributed by atoms with E-state index in [4.69, 9.17) is 4.74 Å². The topological polar surface area (TPSA) is 95.5 Å². The number of hydrogen-bond donors (Lipinski definition) is 0. The zero-order chi connectivity index (χ0) is 23.2. The van der Waals surface area contributed by atoms with Crippen LogP contribution in [0.2, 0.25) is 0 Å². The molecule has 0 unspecified atom stereocenters. The third kappa shape index (κ3) is 5.90. The molecule has 1 fully saturated rings. The third-order valence-corrected chi connectivity index (χ3v) is 8.12. The monoisotopic (exact) mass is 484 g/mol. The normalized spacial score (nSPS) is 18.9. The molecule has 0 amide bonds. The van der Waals surface area contributed by atoms with Crippen molar-refractivity contribution in [1.29, 1.82) is 0 Å². The first-order chi connectivity index (χ1) is 16.0. The van der Waals surface area contributed by atoms with E-state index in [-0.39, 0.29) is 11.7 Å². The van der Waals surface area contributed by atoms with Gasteiger partial charge in [0.25, 0.3) is 0 Å². The van der Waals surface area contributed by atoms with E-state index in [9.17, 15) is 14.7 Å². The second kappa shape index (κ2) is 11.1. The van der Waals surface area contributed by atoms with Gasteiger partial charge in [0.05, 0.1) is 12.6 Å². The molecule has 3 heterocycles. The molecule has 2 aromatic heterocycles. The summed E-state index contributed by atoms with van der Waals surface area (Å²) in [5.41, 5.74) is 1.33. The van der Waals surface area contributed by atoms with Gasteiger partial charge in [0.15, 0.2) is 5.78 Å². The second-order valence-electron chi connectivity index (χ2n) is 8.12. The third-order valence-electron chi connectivity index (χ3n) is 6.18. The maximum absolute atomic E-state index is 13.0. The van der Waals surface area contributed by atoms with Gasteiger partial charge in [-0.1, -0.05) is 11.8 Å².